The number of nitrogens with two attached hydrogens (primary N) is 1. The molecule has 3 aromatic carbocycles. The summed E-state index contributed by atoms with van der Waals surface area (Å²) in [5.41, 5.74) is 9.19. The third-order valence-electron chi connectivity index (χ3n) is 4.93. The molecule has 0 fully saturated rings. The molecule has 0 spiro atoms. The summed E-state index contributed by atoms with van der Waals surface area (Å²) in [5, 5.41) is 1.81. The lowest BCUT2D eigenvalue weighted by atomic mass is 10.00. The number of aryl methyl sites for hydroxylation is 1. The minimum Gasteiger partial charge on any atom is -0.457 e. The Hall–Kier alpha value is -3.73. The number of nitrogens with zero attached hydrogens (tertiary/aromatic N) is 1. The molecule has 0 atom stereocenters. The zero-order valence-corrected chi connectivity index (χ0v) is 14.4. The summed E-state index contributed by atoms with van der Waals surface area (Å²) in [4.78, 5) is 28.0. The van der Waals surface area contributed by atoms with Crippen LogP contribution in [-0.2, 0) is 9.59 Å². The van der Waals surface area contributed by atoms with Gasteiger partial charge in [0.25, 0.3) is 11.8 Å². The predicted molar refractivity (Wildman–Crippen MR) is 103 cm³/mol. The SMILES string of the molecule is Cc1ccc(Oc2ccc3c4c(cccc24)C2=NC(=O)C(C(N)=O)=C23)cc1. The van der Waals surface area contributed by atoms with E-state index in [0.29, 0.717) is 17.0 Å². The molecular weight excluding hydrogens is 340 g/mol. The van der Waals surface area contributed by atoms with Crippen LogP contribution in [0.3, 0.4) is 0 Å². The smallest absolute Gasteiger partial charge is 0.283 e. The van der Waals surface area contributed by atoms with Gasteiger partial charge in [-0.05, 0) is 36.8 Å². The van der Waals surface area contributed by atoms with E-state index in [9.17, 15) is 9.59 Å². The number of carbonyl (C=O) groups excluding carboxylic acids is 2. The van der Waals surface area contributed by atoms with E-state index in [4.69, 9.17) is 10.5 Å². The number of benzene rings is 3. The van der Waals surface area contributed by atoms with Gasteiger partial charge >= 0.3 is 0 Å². The van der Waals surface area contributed by atoms with Crippen molar-refractivity contribution < 1.29 is 14.3 Å². The minimum atomic E-state index is -0.755. The molecule has 1 aliphatic heterocycles. The Labute approximate surface area is 154 Å². The van der Waals surface area contributed by atoms with Crippen molar-refractivity contribution in [3.05, 3.63) is 76.9 Å². The number of ether oxygens (including phenoxy) is 1. The van der Waals surface area contributed by atoms with Crippen LogP contribution >= 0.6 is 0 Å². The molecule has 5 rings (SSSR count). The number of primary amides is 1. The molecule has 2 aliphatic rings. The molecular formula is C22H14N2O3. The van der Waals surface area contributed by atoms with Crippen LogP contribution in [0.15, 0.2) is 65.2 Å². The van der Waals surface area contributed by atoms with Crippen LogP contribution in [0.1, 0.15) is 16.7 Å². The van der Waals surface area contributed by atoms with Gasteiger partial charge in [0.05, 0.1) is 5.71 Å². The van der Waals surface area contributed by atoms with Crippen molar-refractivity contribution in [3.8, 4) is 11.5 Å². The van der Waals surface area contributed by atoms with Crippen molar-refractivity contribution in [2.75, 3.05) is 0 Å². The summed E-state index contributed by atoms with van der Waals surface area (Å²) >= 11 is 0. The number of allylic oxidation sites excluding steroid dienone is 1. The zero-order chi connectivity index (χ0) is 18.7. The lowest BCUT2D eigenvalue weighted by Crippen LogP contribution is -2.18. The molecule has 5 heteroatoms. The van der Waals surface area contributed by atoms with E-state index < -0.39 is 11.8 Å². The lowest BCUT2D eigenvalue weighted by Gasteiger charge is -2.11. The molecule has 0 aromatic heterocycles. The first kappa shape index (κ1) is 15.5. The first-order chi connectivity index (χ1) is 13.0. The maximum absolute atomic E-state index is 12.1. The van der Waals surface area contributed by atoms with Crippen molar-refractivity contribution in [2.24, 2.45) is 10.7 Å². The molecule has 0 saturated heterocycles. The standard InChI is InChI=1S/C22H14N2O3/c1-11-5-7-12(8-6-11)27-16-10-9-14-17-13(16)3-2-4-15(17)20-18(14)19(21(23)25)22(26)24-20/h2-10H,1H3,(H2,23,25). The molecule has 0 saturated carbocycles. The number of amides is 2. The fraction of sp³-hybridized carbons (Fsp3) is 0.0455. The Morgan fingerprint density at radius 1 is 1.00 bits per heavy atom. The monoisotopic (exact) mass is 354 g/mol. The first-order valence-electron chi connectivity index (χ1n) is 8.53. The average molecular weight is 354 g/mol. The van der Waals surface area contributed by atoms with E-state index in [0.717, 1.165) is 33.2 Å². The van der Waals surface area contributed by atoms with Gasteiger partial charge in [-0.1, -0.05) is 35.9 Å². The summed E-state index contributed by atoms with van der Waals surface area (Å²) < 4.78 is 6.09. The van der Waals surface area contributed by atoms with E-state index in [1.807, 2.05) is 61.5 Å². The van der Waals surface area contributed by atoms with Crippen molar-refractivity contribution in [3.63, 3.8) is 0 Å². The van der Waals surface area contributed by atoms with Gasteiger partial charge in [-0.25, -0.2) is 4.99 Å². The molecule has 5 nitrogen and oxygen atoms in total. The highest BCUT2D eigenvalue weighted by atomic mass is 16.5. The van der Waals surface area contributed by atoms with Gasteiger partial charge < -0.3 is 10.5 Å². The maximum Gasteiger partial charge on any atom is 0.283 e. The van der Waals surface area contributed by atoms with Crippen molar-refractivity contribution in [1.29, 1.82) is 0 Å². The van der Waals surface area contributed by atoms with E-state index >= 15 is 0 Å². The van der Waals surface area contributed by atoms with Crippen molar-refractivity contribution >= 4 is 33.9 Å². The topological polar surface area (TPSA) is 81.8 Å². The number of carbonyl (C=O) groups is 2. The molecule has 0 unspecified atom stereocenters. The highest BCUT2D eigenvalue weighted by Gasteiger charge is 2.38. The molecule has 27 heavy (non-hydrogen) atoms. The summed E-state index contributed by atoms with van der Waals surface area (Å²) in [6.07, 6.45) is 0. The Bertz CT molecular complexity index is 1230. The third-order valence-corrected chi connectivity index (χ3v) is 4.93. The molecule has 3 aromatic rings. The number of hydrogen-bond acceptors (Lipinski definition) is 3. The van der Waals surface area contributed by atoms with Gasteiger partial charge in [-0.15, -0.1) is 0 Å². The normalized spacial score (nSPS) is 14.6. The fourth-order valence-corrected chi connectivity index (χ4v) is 3.73. The highest BCUT2D eigenvalue weighted by Crippen LogP contribution is 2.45. The minimum absolute atomic E-state index is 0.0466. The van der Waals surface area contributed by atoms with Gasteiger partial charge in [0.2, 0.25) is 0 Å². The van der Waals surface area contributed by atoms with E-state index in [-0.39, 0.29) is 5.57 Å². The second-order valence-electron chi connectivity index (χ2n) is 6.63. The molecule has 2 amide bonds. The van der Waals surface area contributed by atoms with E-state index in [1.165, 1.54) is 0 Å². The summed E-state index contributed by atoms with van der Waals surface area (Å²) in [7, 11) is 0. The molecule has 0 bridgehead atoms. The van der Waals surface area contributed by atoms with E-state index in [2.05, 4.69) is 4.99 Å². The van der Waals surface area contributed by atoms with Crippen molar-refractivity contribution in [2.45, 2.75) is 6.92 Å². The third kappa shape index (κ3) is 2.15. The summed E-state index contributed by atoms with van der Waals surface area (Å²) in [6, 6.07) is 17.3. The summed E-state index contributed by atoms with van der Waals surface area (Å²) in [6.45, 7) is 2.02. The van der Waals surface area contributed by atoms with Gasteiger partial charge in [0.1, 0.15) is 17.1 Å². The van der Waals surface area contributed by atoms with Gasteiger partial charge in [-0.3, -0.25) is 9.59 Å². The summed E-state index contributed by atoms with van der Waals surface area (Å²) in [5.74, 6) is 0.112. The average Bonchev–Trinajstić information content (AvgIpc) is 3.14. The quantitative estimate of drug-likeness (QED) is 0.731. The van der Waals surface area contributed by atoms with Crippen LogP contribution in [0.5, 0.6) is 11.5 Å². The van der Waals surface area contributed by atoms with Gasteiger partial charge in [0, 0.05) is 21.9 Å². The largest absolute Gasteiger partial charge is 0.457 e. The molecule has 130 valence electrons. The van der Waals surface area contributed by atoms with Crippen LogP contribution in [0.25, 0.3) is 16.3 Å². The second kappa shape index (κ2) is 5.38. The highest BCUT2D eigenvalue weighted by molar-refractivity contribution is 6.53. The van der Waals surface area contributed by atoms with Gasteiger partial charge in [-0.2, -0.15) is 0 Å². The number of aliphatic imine (C=N–C) groups is 1. The van der Waals surface area contributed by atoms with Crippen LogP contribution in [0.2, 0.25) is 0 Å². The van der Waals surface area contributed by atoms with Crippen LogP contribution < -0.4 is 10.5 Å². The predicted octanol–water partition coefficient (Wildman–Crippen LogP) is 3.52. The molecule has 0 radical (unpaired) electrons. The Morgan fingerprint density at radius 3 is 2.52 bits per heavy atom. The van der Waals surface area contributed by atoms with Gasteiger partial charge in [0.15, 0.2) is 0 Å². The second-order valence-corrected chi connectivity index (χ2v) is 6.63. The fourth-order valence-electron chi connectivity index (χ4n) is 3.73. The Kier molecular flexibility index (Phi) is 3.09. The van der Waals surface area contributed by atoms with E-state index in [1.54, 1.807) is 0 Å². The van der Waals surface area contributed by atoms with Crippen LogP contribution in [-0.4, -0.2) is 17.5 Å². The lowest BCUT2D eigenvalue weighted by molar-refractivity contribution is -0.119. The van der Waals surface area contributed by atoms with Crippen LogP contribution in [0, 0.1) is 6.92 Å². The van der Waals surface area contributed by atoms with Crippen LogP contribution in [0.4, 0.5) is 0 Å². The molecule has 1 heterocycles. The Balaban J connectivity index is 1.73. The van der Waals surface area contributed by atoms with Crippen molar-refractivity contribution in [1.82, 2.24) is 0 Å². The molecule has 2 N–H and O–H groups in total. The number of rotatable bonds is 3. The Morgan fingerprint density at radius 2 is 1.78 bits per heavy atom. The first-order valence-corrected chi connectivity index (χ1v) is 8.53. The zero-order valence-electron chi connectivity index (χ0n) is 14.4. The number of fused-ring (bicyclic) bond motifs is 3. The molecule has 1 aliphatic carbocycles. The maximum atomic E-state index is 12.1. The number of hydrogen-bond donors (Lipinski definition) is 1.